The smallest absolute Gasteiger partial charge is 0.231 e. The van der Waals surface area contributed by atoms with Crippen molar-refractivity contribution in [2.75, 3.05) is 0 Å². The molecule has 2 heterocycles. The number of benzene rings is 1. The third kappa shape index (κ3) is 2.72. The van der Waals surface area contributed by atoms with Crippen LogP contribution in [0.2, 0.25) is 0 Å². The largest absolute Gasteiger partial charge is 0.232 e. The fourth-order valence-corrected chi connectivity index (χ4v) is 2.80. The van der Waals surface area contributed by atoms with E-state index in [1.807, 2.05) is 41.8 Å². The Hall–Kier alpha value is -1.00. The molecular formula is C14H8Cl3N2S. The molecule has 3 rings (SSSR count). The van der Waals surface area contributed by atoms with Crippen molar-refractivity contribution in [1.29, 1.82) is 0 Å². The van der Waals surface area contributed by atoms with E-state index in [-0.39, 0.29) is 0 Å². The molecule has 6 heteroatoms. The topological polar surface area (TPSA) is 17.8 Å². The highest BCUT2D eigenvalue weighted by atomic mass is 35.6. The van der Waals surface area contributed by atoms with Crippen LogP contribution in [0.5, 0.6) is 0 Å². The van der Waals surface area contributed by atoms with Crippen LogP contribution in [0.25, 0.3) is 16.9 Å². The maximum absolute atomic E-state index is 6.04. The predicted octanol–water partition coefficient (Wildman–Crippen LogP) is 5.23. The molecule has 20 heavy (non-hydrogen) atoms. The number of alkyl halides is 3. The Balaban J connectivity index is 2.17. The van der Waals surface area contributed by atoms with Gasteiger partial charge in [0.05, 0.1) is 22.5 Å². The minimum absolute atomic E-state index is 0.496. The van der Waals surface area contributed by atoms with E-state index in [2.05, 4.69) is 10.5 Å². The lowest BCUT2D eigenvalue weighted by Crippen LogP contribution is -2.09. The zero-order chi connectivity index (χ0) is 14.2. The number of nitrogens with zero attached hydrogens (tertiary/aromatic N) is 2. The summed E-state index contributed by atoms with van der Waals surface area (Å²) in [5.41, 5.74) is 2.98. The first-order chi connectivity index (χ1) is 9.55. The quantitative estimate of drug-likeness (QED) is 0.583. The SMILES string of the molecule is ClC(Cl)(Cl)c1cc(-c2ccccc2)nn1-c1[c]scc1. The Bertz CT molecular complexity index is 700. The summed E-state index contributed by atoms with van der Waals surface area (Å²) in [6.07, 6.45) is 0. The summed E-state index contributed by atoms with van der Waals surface area (Å²) < 4.78 is 0.0711. The average Bonchev–Trinajstić information content (AvgIpc) is 3.08. The average molecular weight is 343 g/mol. The minimum Gasteiger partial charge on any atom is -0.231 e. The van der Waals surface area contributed by atoms with Gasteiger partial charge in [-0.15, -0.1) is 11.3 Å². The van der Waals surface area contributed by atoms with E-state index in [0.29, 0.717) is 5.69 Å². The van der Waals surface area contributed by atoms with Crippen molar-refractivity contribution in [1.82, 2.24) is 9.78 Å². The van der Waals surface area contributed by atoms with Gasteiger partial charge in [-0.3, -0.25) is 0 Å². The fourth-order valence-electron chi connectivity index (χ4n) is 1.86. The van der Waals surface area contributed by atoms with Crippen molar-refractivity contribution in [3.8, 4) is 16.9 Å². The van der Waals surface area contributed by atoms with Gasteiger partial charge >= 0.3 is 0 Å². The number of hydrogen-bond donors (Lipinski definition) is 0. The third-order valence-electron chi connectivity index (χ3n) is 2.75. The lowest BCUT2D eigenvalue weighted by atomic mass is 10.1. The van der Waals surface area contributed by atoms with E-state index in [0.717, 1.165) is 16.9 Å². The maximum Gasteiger partial charge on any atom is 0.232 e. The van der Waals surface area contributed by atoms with Crippen LogP contribution in [0, 0.1) is 5.38 Å². The van der Waals surface area contributed by atoms with Gasteiger partial charge in [0.1, 0.15) is 0 Å². The molecule has 0 bridgehead atoms. The zero-order valence-corrected chi connectivity index (χ0v) is 13.1. The minimum atomic E-state index is -1.55. The van der Waals surface area contributed by atoms with Crippen molar-refractivity contribution in [2.45, 2.75) is 3.79 Å². The van der Waals surface area contributed by atoms with Gasteiger partial charge < -0.3 is 0 Å². The van der Waals surface area contributed by atoms with Gasteiger partial charge in [-0.25, -0.2) is 4.68 Å². The summed E-state index contributed by atoms with van der Waals surface area (Å²) >= 11 is 19.6. The van der Waals surface area contributed by atoms with Crippen LogP contribution in [-0.2, 0) is 3.79 Å². The Morgan fingerprint density at radius 3 is 2.45 bits per heavy atom. The highest BCUT2D eigenvalue weighted by Gasteiger charge is 2.29. The highest BCUT2D eigenvalue weighted by Crippen LogP contribution is 2.40. The molecule has 0 saturated heterocycles. The summed E-state index contributed by atoms with van der Waals surface area (Å²) in [6, 6.07) is 13.4. The summed E-state index contributed by atoms with van der Waals surface area (Å²) in [7, 11) is 0. The first-order valence-corrected chi connectivity index (χ1v) is 7.75. The van der Waals surface area contributed by atoms with Crippen LogP contribution in [-0.4, -0.2) is 9.78 Å². The van der Waals surface area contributed by atoms with Crippen LogP contribution >= 0.6 is 46.1 Å². The lowest BCUT2D eigenvalue weighted by Gasteiger charge is -2.12. The van der Waals surface area contributed by atoms with Crippen LogP contribution in [0.4, 0.5) is 0 Å². The number of thiophene rings is 1. The van der Waals surface area contributed by atoms with Gasteiger partial charge in [-0.1, -0.05) is 65.1 Å². The molecule has 0 aliphatic carbocycles. The highest BCUT2D eigenvalue weighted by molar-refractivity contribution is 7.07. The molecule has 0 fully saturated rings. The van der Waals surface area contributed by atoms with Crippen molar-refractivity contribution in [3.05, 3.63) is 58.9 Å². The van der Waals surface area contributed by atoms with E-state index in [1.54, 1.807) is 10.7 Å². The van der Waals surface area contributed by atoms with Crippen molar-refractivity contribution < 1.29 is 0 Å². The second-order valence-corrected chi connectivity index (χ2v) is 7.09. The molecule has 0 unspecified atom stereocenters. The molecule has 2 aromatic heterocycles. The molecule has 0 aliphatic rings. The molecule has 0 saturated carbocycles. The molecule has 0 spiro atoms. The Labute approximate surface area is 135 Å². The fraction of sp³-hybridized carbons (Fsp3) is 0.0714. The van der Waals surface area contributed by atoms with Gasteiger partial charge in [-0.2, -0.15) is 5.10 Å². The van der Waals surface area contributed by atoms with Gasteiger partial charge in [0, 0.05) is 5.56 Å². The summed E-state index contributed by atoms with van der Waals surface area (Å²) in [6.45, 7) is 0. The Morgan fingerprint density at radius 1 is 1.10 bits per heavy atom. The lowest BCUT2D eigenvalue weighted by molar-refractivity contribution is 0.826. The van der Waals surface area contributed by atoms with Crippen LogP contribution in [0.3, 0.4) is 0 Å². The van der Waals surface area contributed by atoms with E-state index in [4.69, 9.17) is 34.8 Å². The van der Waals surface area contributed by atoms with E-state index < -0.39 is 3.79 Å². The number of rotatable bonds is 2. The Morgan fingerprint density at radius 2 is 1.85 bits per heavy atom. The third-order valence-corrected chi connectivity index (χ3v) is 3.94. The predicted molar refractivity (Wildman–Crippen MR) is 85.0 cm³/mol. The normalized spacial score (nSPS) is 11.8. The molecule has 3 aromatic rings. The molecule has 0 atom stereocenters. The standard InChI is InChI=1S/C14H8Cl3N2S/c15-14(16,17)13-8-12(10-4-2-1-3-5-10)18-19(13)11-6-7-20-9-11/h1-8H. The van der Waals surface area contributed by atoms with E-state index >= 15 is 0 Å². The van der Waals surface area contributed by atoms with Crippen molar-refractivity contribution >= 4 is 46.1 Å². The summed E-state index contributed by atoms with van der Waals surface area (Å²) in [4.78, 5) is 0. The summed E-state index contributed by atoms with van der Waals surface area (Å²) in [5, 5.41) is 9.53. The maximum atomic E-state index is 6.04. The number of halogens is 3. The second-order valence-electron chi connectivity index (χ2n) is 4.10. The molecule has 1 radical (unpaired) electrons. The van der Waals surface area contributed by atoms with Crippen molar-refractivity contribution in [2.24, 2.45) is 0 Å². The van der Waals surface area contributed by atoms with Gasteiger partial charge in [0.2, 0.25) is 3.79 Å². The molecule has 2 nitrogen and oxygen atoms in total. The first-order valence-electron chi connectivity index (χ1n) is 5.74. The molecule has 1 aromatic carbocycles. The molecule has 101 valence electrons. The molecule has 0 amide bonds. The van der Waals surface area contributed by atoms with E-state index in [9.17, 15) is 0 Å². The van der Waals surface area contributed by atoms with E-state index in [1.165, 1.54) is 11.3 Å². The molecular weight excluding hydrogens is 335 g/mol. The number of aromatic nitrogens is 2. The van der Waals surface area contributed by atoms with Gasteiger partial charge in [0.25, 0.3) is 0 Å². The second kappa shape index (κ2) is 5.41. The number of hydrogen-bond acceptors (Lipinski definition) is 2. The molecule has 0 N–H and O–H groups in total. The van der Waals surface area contributed by atoms with Crippen LogP contribution in [0.15, 0.2) is 47.8 Å². The van der Waals surface area contributed by atoms with Gasteiger partial charge in [0.15, 0.2) is 0 Å². The first kappa shape index (κ1) is 14.0. The zero-order valence-electron chi connectivity index (χ0n) is 10.1. The van der Waals surface area contributed by atoms with Crippen LogP contribution in [0.1, 0.15) is 5.69 Å². The monoisotopic (exact) mass is 341 g/mol. The van der Waals surface area contributed by atoms with Crippen LogP contribution < -0.4 is 0 Å². The molecule has 0 aliphatic heterocycles. The van der Waals surface area contributed by atoms with Gasteiger partial charge in [-0.05, 0) is 17.5 Å². The Kier molecular flexibility index (Phi) is 3.78. The summed E-state index contributed by atoms with van der Waals surface area (Å²) in [5.74, 6) is 0. The van der Waals surface area contributed by atoms with Crippen molar-refractivity contribution in [3.63, 3.8) is 0 Å².